The zero-order valence-electron chi connectivity index (χ0n) is 11.7. The van der Waals surface area contributed by atoms with Crippen LogP contribution >= 0.6 is 0 Å². The standard InChI is InChI=1S/C13H21N4O2/c1-13(2,3)19-12(18)15-16-9-5-11(6-10-16)17-8-4-7-14-17/h7-8,11H,5-6,9-10H2,1-3H3,(H,15,18). The molecule has 1 aliphatic rings. The number of nitrogens with zero attached hydrogens (tertiary/aromatic N) is 3. The van der Waals surface area contributed by atoms with E-state index in [1.165, 1.54) is 0 Å². The van der Waals surface area contributed by atoms with E-state index in [9.17, 15) is 4.79 Å². The molecule has 2 rings (SSSR count). The smallest absolute Gasteiger partial charge is 0.422 e. The molecule has 1 saturated heterocycles. The summed E-state index contributed by atoms with van der Waals surface area (Å²) in [5, 5.41) is 6.11. The van der Waals surface area contributed by atoms with E-state index in [4.69, 9.17) is 4.74 Å². The lowest BCUT2D eigenvalue weighted by Gasteiger charge is -2.32. The number of hydrogen-bond acceptors (Lipinski definition) is 4. The van der Waals surface area contributed by atoms with Crippen LogP contribution < -0.4 is 5.43 Å². The monoisotopic (exact) mass is 265 g/mol. The first-order valence-corrected chi connectivity index (χ1v) is 6.59. The van der Waals surface area contributed by atoms with Crippen molar-refractivity contribution in [2.75, 3.05) is 13.1 Å². The van der Waals surface area contributed by atoms with Crippen LogP contribution in [0.4, 0.5) is 4.79 Å². The van der Waals surface area contributed by atoms with Crippen LogP contribution in [0.25, 0.3) is 0 Å². The number of carbonyl (C=O) groups excluding carboxylic acids is 1. The lowest BCUT2D eigenvalue weighted by molar-refractivity contribution is 0.0265. The Morgan fingerprint density at radius 2 is 2.11 bits per heavy atom. The minimum atomic E-state index is -0.465. The van der Waals surface area contributed by atoms with Crippen molar-refractivity contribution in [2.45, 2.75) is 45.3 Å². The minimum absolute atomic E-state index is 0.390. The molecule has 1 radical (unpaired) electrons. The molecule has 0 aromatic carbocycles. The lowest BCUT2D eigenvalue weighted by Crippen LogP contribution is -2.48. The van der Waals surface area contributed by atoms with Crippen molar-refractivity contribution in [3.8, 4) is 0 Å². The second-order valence-electron chi connectivity index (χ2n) is 5.75. The van der Waals surface area contributed by atoms with Crippen LogP contribution in [0.3, 0.4) is 0 Å². The Kier molecular flexibility index (Phi) is 4.09. The summed E-state index contributed by atoms with van der Waals surface area (Å²) in [5.74, 6) is 0. The number of ether oxygens (including phenoxy) is 1. The van der Waals surface area contributed by atoms with Crippen molar-refractivity contribution in [3.63, 3.8) is 0 Å². The van der Waals surface area contributed by atoms with Gasteiger partial charge in [-0.3, -0.25) is 10.1 Å². The van der Waals surface area contributed by atoms with E-state index in [2.05, 4.69) is 16.6 Å². The summed E-state index contributed by atoms with van der Waals surface area (Å²) in [6, 6.07) is 3.34. The SMILES string of the molecule is CC(C)(C)OC(=O)NN1CCC(n2c[c]cn2)CC1. The molecule has 1 N–H and O–H groups in total. The zero-order valence-corrected chi connectivity index (χ0v) is 11.7. The number of carbonyl (C=O) groups is 1. The molecule has 6 heteroatoms. The molecule has 0 spiro atoms. The average molecular weight is 265 g/mol. The summed E-state index contributed by atoms with van der Waals surface area (Å²) in [4.78, 5) is 11.6. The Balaban J connectivity index is 1.76. The van der Waals surface area contributed by atoms with Gasteiger partial charge in [0.2, 0.25) is 0 Å². The van der Waals surface area contributed by atoms with Gasteiger partial charge in [0, 0.05) is 25.4 Å². The molecule has 0 saturated carbocycles. The Bertz CT molecular complexity index is 403. The second-order valence-corrected chi connectivity index (χ2v) is 5.75. The van der Waals surface area contributed by atoms with Gasteiger partial charge in [-0.25, -0.2) is 9.80 Å². The first-order valence-electron chi connectivity index (χ1n) is 6.59. The number of hydrazine groups is 1. The van der Waals surface area contributed by atoms with Gasteiger partial charge < -0.3 is 4.74 Å². The van der Waals surface area contributed by atoms with Crippen molar-refractivity contribution in [3.05, 3.63) is 18.5 Å². The fraction of sp³-hybridized carbons (Fsp3) is 0.692. The molecule has 1 fully saturated rings. The number of aromatic nitrogens is 2. The molecule has 19 heavy (non-hydrogen) atoms. The minimum Gasteiger partial charge on any atom is -0.443 e. The Morgan fingerprint density at radius 1 is 1.42 bits per heavy atom. The Morgan fingerprint density at radius 3 is 2.63 bits per heavy atom. The first kappa shape index (κ1) is 13.9. The van der Waals surface area contributed by atoms with Gasteiger partial charge in [-0.15, -0.1) is 0 Å². The third-order valence-electron chi connectivity index (χ3n) is 2.96. The first-order chi connectivity index (χ1) is 8.94. The number of nitrogens with one attached hydrogen (secondary N) is 1. The maximum atomic E-state index is 11.6. The summed E-state index contributed by atoms with van der Waals surface area (Å²) >= 11 is 0. The predicted octanol–water partition coefficient (Wildman–Crippen LogP) is 1.76. The summed E-state index contributed by atoms with van der Waals surface area (Å²) < 4.78 is 7.16. The van der Waals surface area contributed by atoms with E-state index in [-0.39, 0.29) is 0 Å². The highest BCUT2D eigenvalue weighted by Gasteiger charge is 2.23. The van der Waals surface area contributed by atoms with Gasteiger partial charge in [0.25, 0.3) is 0 Å². The van der Waals surface area contributed by atoms with Crippen molar-refractivity contribution >= 4 is 6.09 Å². The van der Waals surface area contributed by atoms with Crippen molar-refractivity contribution in [1.82, 2.24) is 20.2 Å². The van der Waals surface area contributed by atoms with E-state index in [1.807, 2.05) is 36.7 Å². The van der Waals surface area contributed by atoms with Crippen LogP contribution in [0, 0.1) is 6.07 Å². The van der Waals surface area contributed by atoms with Gasteiger partial charge in [-0.2, -0.15) is 5.10 Å². The molecule has 1 amide bonds. The highest BCUT2D eigenvalue weighted by Crippen LogP contribution is 2.20. The number of hydrogen-bond donors (Lipinski definition) is 1. The van der Waals surface area contributed by atoms with Crippen LogP contribution in [-0.2, 0) is 4.74 Å². The Labute approximate surface area is 113 Å². The molecule has 1 aromatic heterocycles. The van der Waals surface area contributed by atoms with Crippen LogP contribution in [0.5, 0.6) is 0 Å². The summed E-state index contributed by atoms with van der Waals surface area (Å²) in [7, 11) is 0. The third-order valence-corrected chi connectivity index (χ3v) is 2.96. The summed E-state index contributed by atoms with van der Waals surface area (Å²) in [6.45, 7) is 7.15. The highest BCUT2D eigenvalue weighted by molar-refractivity contribution is 5.67. The van der Waals surface area contributed by atoms with Crippen LogP contribution in [0.15, 0.2) is 12.4 Å². The van der Waals surface area contributed by atoms with Gasteiger partial charge in [0.05, 0.1) is 12.2 Å². The highest BCUT2D eigenvalue weighted by atomic mass is 16.6. The molecule has 0 atom stereocenters. The lowest BCUT2D eigenvalue weighted by atomic mass is 10.1. The maximum absolute atomic E-state index is 11.6. The van der Waals surface area contributed by atoms with Gasteiger partial charge in [0.15, 0.2) is 0 Å². The van der Waals surface area contributed by atoms with Crippen molar-refractivity contribution in [2.24, 2.45) is 0 Å². The molecule has 0 unspecified atom stereocenters. The molecule has 2 heterocycles. The molecule has 0 bridgehead atoms. The number of amides is 1. The van der Waals surface area contributed by atoms with Crippen LogP contribution in [-0.4, -0.2) is 39.6 Å². The van der Waals surface area contributed by atoms with Gasteiger partial charge in [-0.1, -0.05) is 0 Å². The normalized spacial score (nSPS) is 18.3. The van der Waals surface area contributed by atoms with E-state index in [0.717, 1.165) is 25.9 Å². The van der Waals surface area contributed by atoms with E-state index in [1.54, 1.807) is 6.20 Å². The summed E-state index contributed by atoms with van der Waals surface area (Å²) in [6.07, 6.45) is 5.04. The molecule has 6 nitrogen and oxygen atoms in total. The van der Waals surface area contributed by atoms with Gasteiger partial charge in [-0.05, 0) is 33.6 Å². The fourth-order valence-electron chi connectivity index (χ4n) is 2.11. The van der Waals surface area contributed by atoms with E-state index in [0.29, 0.717) is 6.04 Å². The Hall–Kier alpha value is -1.56. The molecular formula is C13H21N4O2. The summed E-state index contributed by atoms with van der Waals surface area (Å²) in [5.41, 5.74) is 2.31. The molecule has 1 aliphatic heterocycles. The molecule has 1 aromatic rings. The van der Waals surface area contributed by atoms with E-state index < -0.39 is 11.7 Å². The van der Waals surface area contributed by atoms with Gasteiger partial charge in [0.1, 0.15) is 5.60 Å². The number of piperidine rings is 1. The largest absolute Gasteiger partial charge is 0.443 e. The predicted molar refractivity (Wildman–Crippen MR) is 70.3 cm³/mol. The zero-order chi connectivity index (χ0) is 13.9. The van der Waals surface area contributed by atoms with Crippen LogP contribution in [0.1, 0.15) is 39.7 Å². The molecular weight excluding hydrogens is 244 g/mol. The van der Waals surface area contributed by atoms with Crippen LogP contribution in [0.2, 0.25) is 0 Å². The third kappa shape index (κ3) is 4.24. The second kappa shape index (κ2) is 5.61. The average Bonchev–Trinajstić information content (AvgIpc) is 2.80. The number of rotatable bonds is 2. The van der Waals surface area contributed by atoms with Crippen molar-refractivity contribution in [1.29, 1.82) is 0 Å². The fourth-order valence-corrected chi connectivity index (χ4v) is 2.11. The maximum Gasteiger partial charge on any atom is 0.422 e. The quantitative estimate of drug-likeness (QED) is 0.885. The molecule has 0 aliphatic carbocycles. The topological polar surface area (TPSA) is 59.4 Å². The molecule has 105 valence electrons. The van der Waals surface area contributed by atoms with Gasteiger partial charge >= 0.3 is 6.09 Å². The van der Waals surface area contributed by atoms with Crippen molar-refractivity contribution < 1.29 is 9.53 Å². The van der Waals surface area contributed by atoms with E-state index >= 15 is 0 Å².